The van der Waals surface area contributed by atoms with Crippen molar-refractivity contribution in [3.8, 4) is 0 Å². The molecular weight excluding hydrogens is 266 g/mol. The molecule has 0 unspecified atom stereocenters. The molecule has 3 rings (SSSR count). The number of nitrogens with one attached hydrogen (secondary N) is 3. The van der Waals surface area contributed by atoms with Gasteiger partial charge in [-0.3, -0.25) is 9.59 Å². The molecule has 0 spiro atoms. The van der Waals surface area contributed by atoms with Gasteiger partial charge in [-0.2, -0.15) is 0 Å². The van der Waals surface area contributed by atoms with E-state index in [2.05, 4.69) is 22.5 Å². The van der Waals surface area contributed by atoms with Crippen molar-refractivity contribution >= 4 is 22.4 Å². The molecule has 2 atom stereocenters. The Morgan fingerprint density at radius 3 is 2.95 bits per heavy atom. The monoisotopic (exact) mass is 285 g/mol. The molecule has 1 aliphatic rings. The molecule has 1 aromatic heterocycles. The van der Waals surface area contributed by atoms with Crippen LogP contribution in [-0.4, -0.2) is 24.0 Å². The zero-order valence-corrected chi connectivity index (χ0v) is 12.0. The van der Waals surface area contributed by atoms with Gasteiger partial charge in [0, 0.05) is 23.7 Å². The van der Waals surface area contributed by atoms with Gasteiger partial charge in [-0.05, 0) is 54.6 Å². The van der Waals surface area contributed by atoms with Gasteiger partial charge in [0.15, 0.2) is 0 Å². The van der Waals surface area contributed by atoms with E-state index in [-0.39, 0.29) is 11.5 Å². The van der Waals surface area contributed by atoms with Crippen LogP contribution >= 0.6 is 0 Å². The summed E-state index contributed by atoms with van der Waals surface area (Å²) in [6.07, 6.45) is 2.14. The average molecular weight is 285 g/mol. The predicted molar refractivity (Wildman–Crippen MR) is 83.3 cm³/mol. The third-order valence-corrected chi connectivity index (χ3v) is 4.18. The molecule has 21 heavy (non-hydrogen) atoms. The largest absolute Gasteiger partial charge is 0.329 e. The number of hydrogen-bond acceptors (Lipinski definition) is 3. The number of carbonyl (C=O) groups is 1. The molecule has 1 aromatic carbocycles. The number of aromatic amines is 1. The first-order valence-electron chi connectivity index (χ1n) is 7.25. The minimum atomic E-state index is -0.115. The van der Waals surface area contributed by atoms with E-state index in [1.165, 1.54) is 0 Å². The molecule has 5 heteroatoms. The summed E-state index contributed by atoms with van der Waals surface area (Å²) < 4.78 is 0. The summed E-state index contributed by atoms with van der Waals surface area (Å²) in [7, 11) is 0. The molecule has 0 bridgehead atoms. The first kappa shape index (κ1) is 13.8. The molecule has 0 saturated carbocycles. The number of anilines is 1. The summed E-state index contributed by atoms with van der Waals surface area (Å²) >= 11 is 0. The van der Waals surface area contributed by atoms with Crippen molar-refractivity contribution in [3.63, 3.8) is 0 Å². The highest BCUT2D eigenvalue weighted by Gasteiger charge is 2.25. The van der Waals surface area contributed by atoms with Gasteiger partial charge >= 0.3 is 0 Å². The standard InChI is InChI=1S/C16H19N3O2/c1-10-8-17-9-12(10)7-15(20)19-13-2-3-14-11(6-13)4-5-18-16(14)21/h2-6,10,12,17H,7-9H2,1H3,(H,18,21)(H,19,20)/t10-,12-/m1/s1. The van der Waals surface area contributed by atoms with E-state index in [0.29, 0.717) is 23.6 Å². The number of H-pyrrole nitrogens is 1. The van der Waals surface area contributed by atoms with Crippen molar-refractivity contribution in [3.05, 3.63) is 40.8 Å². The fourth-order valence-electron chi connectivity index (χ4n) is 2.86. The molecule has 1 aliphatic heterocycles. The van der Waals surface area contributed by atoms with Crippen LogP contribution in [0.4, 0.5) is 5.69 Å². The highest BCUT2D eigenvalue weighted by atomic mass is 16.1. The van der Waals surface area contributed by atoms with Crippen molar-refractivity contribution < 1.29 is 4.79 Å². The van der Waals surface area contributed by atoms with Gasteiger partial charge in [-0.1, -0.05) is 6.92 Å². The Hall–Kier alpha value is -2.14. The smallest absolute Gasteiger partial charge is 0.255 e. The summed E-state index contributed by atoms with van der Waals surface area (Å²) in [5.74, 6) is 0.957. The highest BCUT2D eigenvalue weighted by molar-refractivity contribution is 5.94. The van der Waals surface area contributed by atoms with Gasteiger partial charge < -0.3 is 15.6 Å². The second kappa shape index (κ2) is 5.69. The SMILES string of the molecule is C[C@@H]1CNC[C@H]1CC(=O)Nc1ccc2c(=O)[nH]ccc2c1. The normalized spacial score (nSPS) is 21.6. The summed E-state index contributed by atoms with van der Waals surface area (Å²) in [6.45, 7) is 4.05. The Morgan fingerprint density at radius 2 is 2.19 bits per heavy atom. The van der Waals surface area contributed by atoms with E-state index in [1.54, 1.807) is 18.3 Å². The van der Waals surface area contributed by atoms with E-state index in [9.17, 15) is 9.59 Å². The van der Waals surface area contributed by atoms with Crippen LogP contribution in [0, 0.1) is 11.8 Å². The summed E-state index contributed by atoms with van der Waals surface area (Å²) in [5.41, 5.74) is 0.618. The zero-order chi connectivity index (χ0) is 14.8. The van der Waals surface area contributed by atoms with Gasteiger partial charge in [-0.25, -0.2) is 0 Å². The molecule has 3 N–H and O–H groups in total. The fraction of sp³-hybridized carbons (Fsp3) is 0.375. The number of pyridine rings is 1. The van der Waals surface area contributed by atoms with Crippen molar-refractivity contribution in [1.29, 1.82) is 0 Å². The Labute approximate surface area is 122 Å². The molecule has 0 aliphatic carbocycles. The molecule has 2 heterocycles. The van der Waals surface area contributed by atoms with Gasteiger partial charge in [0.25, 0.3) is 5.56 Å². The van der Waals surface area contributed by atoms with E-state index in [0.717, 1.165) is 24.2 Å². The molecule has 1 fully saturated rings. The van der Waals surface area contributed by atoms with Gasteiger partial charge in [0.05, 0.1) is 0 Å². The van der Waals surface area contributed by atoms with Gasteiger partial charge in [0.2, 0.25) is 5.91 Å². The summed E-state index contributed by atoms with van der Waals surface area (Å²) in [6, 6.07) is 7.17. The van der Waals surface area contributed by atoms with Crippen LogP contribution in [0.3, 0.4) is 0 Å². The number of aromatic nitrogens is 1. The van der Waals surface area contributed by atoms with Crippen LogP contribution in [0.1, 0.15) is 13.3 Å². The van der Waals surface area contributed by atoms with Crippen molar-refractivity contribution in [2.24, 2.45) is 11.8 Å². The molecule has 2 aromatic rings. The number of carbonyl (C=O) groups excluding carboxylic acids is 1. The number of fused-ring (bicyclic) bond motifs is 1. The lowest BCUT2D eigenvalue weighted by molar-refractivity contribution is -0.117. The van der Waals surface area contributed by atoms with Crippen LogP contribution in [0.25, 0.3) is 10.8 Å². The Kier molecular flexibility index (Phi) is 3.75. The lowest BCUT2D eigenvalue weighted by Crippen LogP contribution is -2.20. The third kappa shape index (κ3) is 2.97. The molecular formula is C16H19N3O2. The predicted octanol–water partition coefficient (Wildman–Crippen LogP) is 1.71. The fourth-order valence-corrected chi connectivity index (χ4v) is 2.86. The van der Waals surface area contributed by atoms with Gasteiger partial charge in [-0.15, -0.1) is 0 Å². The third-order valence-electron chi connectivity index (χ3n) is 4.18. The number of benzene rings is 1. The Balaban J connectivity index is 1.72. The minimum Gasteiger partial charge on any atom is -0.329 e. The lowest BCUT2D eigenvalue weighted by Gasteiger charge is -2.13. The summed E-state index contributed by atoms with van der Waals surface area (Å²) in [4.78, 5) is 26.4. The first-order chi connectivity index (χ1) is 10.1. The Morgan fingerprint density at radius 1 is 1.33 bits per heavy atom. The number of hydrogen-bond donors (Lipinski definition) is 3. The molecule has 1 saturated heterocycles. The Bertz CT molecular complexity index is 723. The van der Waals surface area contributed by atoms with Crippen LogP contribution in [0.5, 0.6) is 0 Å². The van der Waals surface area contributed by atoms with E-state index in [1.807, 2.05) is 12.1 Å². The topological polar surface area (TPSA) is 74.0 Å². The van der Waals surface area contributed by atoms with Crippen LogP contribution in [-0.2, 0) is 4.79 Å². The molecule has 1 amide bonds. The van der Waals surface area contributed by atoms with E-state index >= 15 is 0 Å². The summed E-state index contributed by atoms with van der Waals surface area (Å²) in [5, 5.41) is 7.68. The van der Waals surface area contributed by atoms with Crippen LogP contribution in [0.2, 0.25) is 0 Å². The molecule has 0 radical (unpaired) electrons. The lowest BCUT2D eigenvalue weighted by atomic mass is 9.94. The van der Waals surface area contributed by atoms with Crippen molar-refractivity contribution in [1.82, 2.24) is 10.3 Å². The molecule has 5 nitrogen and oxygen atoms in total. The zero-order valence-electron chi connectivity index (χ0n) is 12.0. The van der Waals surface area contributed by atoms with Crippen molar-refractivity contribution in [2.45, 2.75) is 13.3 Å². The second-order valence-corrected chi connectivity index (χ2v) is 5.76. The highest BCUT2D eigenvalue weighted by Crippen LogP contribution is 2.21. The average Bonchev–Trinajstić information content (AvgIpc) is 2.84. The maximum Gasteiger partial charge on any atom is 0.255 e. The van der Waals surface area contributed by atoms with Crippen LogP contribution in [0.15, 0.2) is 35.3 Å². The quantitative estimate of drug-likeness (QED) is 0.804. The maximum atomic E-state index is 12.1. The van der Waals surface area contributed by atoms with Crippen molar-refractivity contribution in [2.75, 3.05) is 18.4 Å². The van der Waals surface area contributed by atoms with E-state index in [4.69, 9.17) is 0 Å². The van der Waals surface area contributed by atoms with Crippen LogP contribution < -0.4 is 16.2 Å². The minimum absolute atomic E-state index is 0.0275. The second-order valence-electron chi connectivity index (χ2n) is 5.76. The number of rotatable bonds is 3. The molecule has 110 valence electrons. The maximum absolute atomic E-state index is 12.1. The first-order valence-corrected chi connectivity index (χ1v) is 7.25. The van der Waals surface area contributed by atoms with Gasteiger partial charge in [0.1, 0.15) is 0 Å². The number of amides is 1. The van der Waals surface area contributed by atoms with E-state index < -0.39 is 0 Å².